The second-order valence-corrected chi connectivity index (χ2v) is 13.3. The van der Waals surface area contributed by atoms with Crippen LogP contribution in [-0.4, -0.2) is 44.3 Å². The highest BCUT2D eigenvalue weighted by Crippen LogP contribution is 2.29. The second kappa shape index (κ2) is 15.7. The summed E-state index contributed by atoms with van der Waals surface area (Å²) in [7, 11) is -4.16. The zero-order valence-corrected chi connectivity index (χ0v) is 27.5. The maximum absolute atomic E-state index is 14.6. The van der Waals surface area contributed by atoms with Crippen molar-refractivity contribution in [3.8, 4) is 0 Å². The van der Waals surface area contributed by atoms with Crippen LogP contribution in [0.3, 0.4) is 0 Å². The highest BCUT2D eigenvalue weighted by molar-refractivity contribution is 7.92. The molecule has 0 unspecified atom stereocenters. The van der Waals surface area contributed by atoms with E-state index in [2.05, 4.69) is 5.32 Å². The molecule has 1 atom stereocenters. The summed E-state index contributed by atoms with van der Waals surface area (Å²) in [6.07, 6.45) is 1.94. The molecule has 0 radical (unpaired) electrons. The lowest BCUT2D eigenvalue weighted by Crippen LogP contribution is -2.53. The zero-order chi connectivity index (χ0) is 32.4. The highest BCUT2D eigenvalue weighted by Gasteiger charge is 2.35. The van der Waals surface area contributed by atoms with E-state index in [1.165, 1.54) is 17.0 Å². The number of hydrogen-bond donors (Lipinski definition) is 1. The van der Waals surface area contributed by atoms with Crippen molar-refractivity contribution >= 4 is 39.1 Å². The van der Waals surface area contributed by atoms with Crippen LogP contribution in [0.4, 0.5) is 5.69 Å². The van der Waals surface area contributed by atoms with E-state index in [9.17, 15) is 18.0 Å². The van der Waals surface area contributed by atoms with Crippen molar-refractivity contribution < 1.29 is 18.0 Å². The molecule has 45 heavy (non-hydrogen) atoms. The number of nitrogens with zero attached hydrogens (tertiary/aromatic N) is 2. The van der Waals surface area contributed by atoms with E-state index < -0.39 is 28.5 Å². The molecule has 0 spiro atoms. The molecule has 0 aliphatic heterocycles. The lowest BCUT2D eigenvalue weighted by molar-refractivity contribution is -0.140. The number of nitrogens with one attached hydrogen (secondary N) is 1. The number of carbonyl (C=O) groups is 2. The molecule has 4 aromatic carbocycles. The van der Waals surface area contributed by atoms with Gasteiger partial charge in [0.2, 0.25) is 11.8 Å². The van der Waals surface area contributed by atoms with Gasteiger partial charge in [-0.1, -0.05) is 97.7 Å². The molecule has 0 aliphatic carbocycles. The molecule has 0 bridgehead atoms. The standard InChI is InChI=1S/C36H40ClN3O4S/c1-4-5-22-38-36(42)34(24-29-15-8-6-9-16-29)39(25-30-17-13-18-31(37)23-30)35(41)26-40(33-21-12-14-27(2)28(33)3)45(43,44)32-19-10-7-11-20-32/h6-21,23,34H,4-5,22,24-26H2,1-3H3,(H,38,42)/t34-/m0/s1. The summed E-state index contributed by atoms with van der Waals surface area (Å²) in [6.45, 7) is 5.80. The molecular weight excluding hydrogens is 606 g/mol. The summed E-state index contributed by atoms with van der Waals surface area (Å²) in [4.78, 5) is 30.0. The number of hydrogen-bond acceptors (Lipinski definition) is 4. The average Bonchev–Trinajstić information content (AvgIpc) is 3.04. The van der Waals surface area contributed by atoms with Crippen LogP contribution in [0.5, 0.6) is 0 Å². The van der Waals surface area contributed by atoms with E-state index in [0.29, 0.717) is 17.3 Å². The van der Waals surface area contributed by atoms with Crippen molar-refractivity contribution in [3.63, 3.8) is 0 Å². The third-order valence-electron chi connectivity index (χ3n) is 7.80. The van der Waals surface area contributed by atoms with Gasteiger partial charge in [0.1, 0.15) is 12.6 Å². The Balaban J connectivity index is 1.81. The van der Waals surface area contributed by atoms with Crippen LogP contribution >= 0.6 is 11.6 Å². The van der Waals surface area contributed by atoms with Crippen molar-refractivity contribution in [1.29, 1.82) is 0 Å². The van der Waals surface area contributed by atoms with Gasteiger partial charge in [-0.15, -0.1) is 0 Å². The minimum Gasteiger partial charge on any atom is -0.354 e. The van der Waals surface area contributed by atoms with Crippen LogP contribution in [0, 0.1) is 13.8 Å². The molecule has 0 aliphatic rings. The first-order valence-electron chi connectivity index (χ1n) is 15.1. The molecule has 4 rings (SSSR count). The molecule has 9 heteroatoms. The topological polar surface area (TPSA) is 86.8 Å². The van der Waals surface area contributed by atoms with Crippen molar-refractivity contribution in [1.82, 2.24) is 10.2 Å². The Morgan fingerprint density at radius 1 is 0.844 bits per heavy atom. The molecular formula is C36H40ClN3O4S. The molecule has 236 valence electrons. The van der Waals surface area contributed by atoms with Gasteiger partial charge in [-0.2, -0.15) is 0 Å². The minimum atomic E-state index is -4.16. The van der Waals surface area contributed by atoms with Gasteiger partial charge in [-0.05, 0) is 72.9 Å². The molecule has 7 nitrogen and oxygen atoms in total. The lowest BCUT2D eigenvalue weighted by atomic mass is 10.0. The largest absolute Gasteiger partial charge is 0.354 e. The maximum atomic E-state index is 14.6. The molecule has 0 saturated heterocycles. The summed E-state index contributed by atoms with van der Waals surface area (Å²) in [6, 6.07) is 29.2. The Kier molecular flexibility index (Phi) is 11.8. The minimum absolute atomic E-state index is 0.0596. The van der Waals surface area contributed by atoms with Crippen LogP contribution in [0.15, 0.2) is 108 Å². The van der Waals surface area contributed by atoms with E-state index in [-0.39, 0.29) is 23.8 Å². The van der Waals surface area contributed by atoms with Crippen LogP contribution in [-0.2, 0) is 32.6 Å². The van der Waals surface area contributed by atoms with Crippen molar-refractivity contribution in [2.24, 2.45) is 0 Å². The van der Waals surface area contributed by atoms with Crippen molar-refractivity contribution in [2.45, 2.75) is 57.5 Å². The Labute approximate surface area is 271 Å². The number of carbonyl (C=O) groups excluding carboxylic acids is 2. The molecule has 0 fully saturated rings. The summed E-state index contributed by atoms with van der Waals surface area (Å²) >= 11 is 6.32. The van der Waals surface area contributed by atoms with Gasteiger partial charge in [-0.25, -0.2) is 8.42 Å². The fourth-order valence-electron chi connectivity index (χ4n) is 5.13. The molecule has 0 saturated carbocycles. The van der Waals surface area contributed by atoms with Crippen LogP contribution in [0.25, 0.3) is 0 Å². The number of halogens is 1. The predicted octanol–water partition coefficient (Wildman–Crippen LogP) is 6.71. The third kappa shape index (κ3) is 8.74. The van der Waals surface area contributed by atoms with E-state index in [1.807, 2.05) is 63.2 Å². The smallest absolute Gasteiger partial charge is 0.264 e. The van der Waals surface area contributed by atoms with E-state index in [1.54, 1.807) is 48.5 Å². The van der Waals surface area contributed by atoms with Gasteiger partial charge in [0.05, 0.1) is 10.6 Å². The molecule has 1 N–H and O–H groups in total. The number of rotatable bonds is 14. The summed E-state index contributed by atoms with van der Waals surface area (Å²) < 4.78 is 29.5. The third-order valence-corrected chi connectivity index (χ3v) is 9.81. The number of benzene rings is 4. The molecule has 0 heterocycles. The Bertz CT molecular complexity index is 1700. The first-order valence-corrected chi connectivity index (χ1v) is 16.9. The van der Waals surface area contributed by atoms with Gasteiger partial charge < -0.3 is 10.2 Å². The highest BCUT2D eigenvalue weighted by atomic mass is 35.5. The van der Waals surface area contributed by atoms with Crippen molar-refractivity contribution in [2.75, 3.05) is 17.4 Å². The number of unbranched alkanes of at least 4 members (excludes halogenated alkanes) is 1. The normalized spacial score (nSPS) is 11.9. The Morgan fingerprint density at radius 2 is 1.49 bits per heavy atom. The summed E-state index contributed by atoms with van der Waals surface area (Å²) in [5, 5.41) is 3.50. The fraction of sp³-hybridized carbons (Fsp3) is 0.278. The van der Waals surface area contributed by atoms with Gasteiger partial charge in [0.15, 0.2) is 0 Å². The Morgan fingerprint density at radius 3 is 2.16 bits per heavy atom. The number of anilines is 1. The lowest BCUT2D eigenvalue weighted by Gasteiger charge is -2.34. The van der Waals surface area contributed by atoms with Gasteiger partial charge >= 0.3 is 0 Å². The first-order chi connectivity index (χ1) is 21.6. The maximum Gasteiger partial charge on any atom is 0.264 e. The molecule has 0 aromatic heterocycles. The SMILES string of the molecule is CCCCNC(=O)[C@H](Cc1ccccc1)N(Cc1cccc(Cl)c1)C(=O)CN(c1cccc(C)c1C)S(=O)(=O)c1ccccc1. The first kappa shape index (κ1) is 33.7. The second-order valence-electron chi connectivity index (χ2n) is 11.0. The van der Waals surface area contributed by atoms with Gasteiger partial charge in [-0.3, -0.25) is 13.9 Å². The quantitative estimate of drug-likeness (QED) is 0.155. The summed E-state index contributed by atoms with van der Waals surface area (Å²) in [5.74, 6) is -0.811. The molecule has 2 amide bonds. The van der Waals surface area contributed by atoms with Crippen LogP contribution in [0.1, 0.15) is 42.0 Å². The zero-order valence-electron chi connectivity index (χ0n) is 25.9. The molecule has 4 aromatic rings. The van der Waals surface area contributed by atoms with E-state index in [4.69, 9.17) is 11.6 Å². The average molecular weight is 646 g/mol. The van der Waals surface area contributed by atoms with Crippen molar-refractivity contribution in [3.05, 3.63) is 130 Å². The van der Waals surface area contributed by atoms with Gasteiger partial charge in [0, 0.05) is 24.5 Å². The fourth-order valence-corrected chi connectivity index (χ4v) is 6.84. The number of amides is 2. The summed E-state index contributed by atoms with van der Waals surface area (Å²) in [5.41, 5.74) is 3.63. The Hall–Kier alpha value is -4.14. The number of aryl methyl sites for hydroxylation is 1. The predicted molar refractivity (Wildman–Crippen MR) is 181 cm³/mol. The number of sulfonamides is 1. The van der Waals surface area contributed by atoms with Crippen LogP contribution in [0.2, 0.25) is 5.02 Å². The van der Waals surface area contributed by atoms with Crippen LogP contribution < -0.4 is 9.62 Å². The monoisotopic (exact) mass is 645 g/mol. The van der Waals surface area contributed by atoms with E-state index >= 15 is 0 Å². The van der Waals surface area contributed by atoms with Gasteiger partial charge in [0.25, 0.3) is 10.0 Å². The van der Waals surface area contributed by atoms with E-state index in [0.717, 1.165) is 39.4 Å².